The maximum Gasteiger partial charge on any atom is 0.232 e. The minimum Gasteiger partial charge on any atom is -0.345 e. The number of ketones is 1. The van der Waals surface area contributed by atoms with Crippen LogP contribution in [0.1, 0.15) is 48.4 Å². The lowest BCUT2D eigenvalue weighted by Gasteiger charge is -2.11. The molecule has 0 spiro atoms. The molecule has 3 rings (SSSR count). The molecule has 2 heterocycles. The molecule has 0 radical (unpaired) electrons. The molecule has 0 saturated heterocycles. The second-order valence-corrected chi connectivity index (χ2v) is 6.68. The fourth-order valence-corrected chi connectivity index (χ4v) is 3.04. The molecule has 0 bridgehead atoms. The van der Waals surface area contributed by atoms with Crippen molar-refractivity contribution in [3.8, 4) is 0 Å². The summed E-state index contributed by atoms with van der Waals surface area (Å²) in [5.41, 5.74) is -7.29. The molecule has 6 nitrogen and oxygen atoms in total. The first-order valence-electron chi connectivity index (χ1n) is 12.2. The van der Waals surface area contributed by atoms with E-state index in [0.29, 0.717) is 12.1 Å². The molecule has 0 atom stereocenters. The van der Waals surface area contributed by atoms with E-state index in [9.17, 15) is 17.6 Å². The second-order valence-electron chi connectivity index (χ2n) is 5.27. The summed E-state index contributed by atoms with van der Waals surface area (Å²) in [5.74, 6) is -4.62. The second kappa shape index (κ2) is 7.07. The lowest BCUT2D eigenvalue weighted by molar-refractivity contribution is 0.103. The Labute approximate surface area is 168 Å². The molecule has 0 amide bonds. The third-order valence-electron chi connectivity index (χ3n) is 3.52. The van der Waals surface area contributed by atoms with E-state index in [1.165, 1.54) is 4.72 Å². The molecule has 0 saturated carbocycles. The number of nitrogens with zero attached hydrogens (tertiary/aromatic N) is 1. The topological polar surface area (TPSA) is 91.9 Å². The normalized spacial score (nSPS) is 19.2. The number of nitrogens with one attached hydrogen (secondary N) is 2. The first-order valence-corrected chi connectivity index (χ1v) is 8.64. The van der Waals surface area contributed by atoms with Crippen molar-refractivity contribution in [3.05, 3.63) is 58.9 Å². The summed E-state index contributed by atoms with van der Waals surface area (Å²) in [6, 6.07) is 2.03. The van der Waals surface area contributed by atoms with Gasteiger partial charge >= 0.3 is 0 Å². The highest BCUT2D eigenvalue weighted by molar-refractivity contribution is 7.92. The molecule has 0 aliphatic heterocycles. The number of anilines is 1. The Morgan fingerprint density at radius 1 is 1.41 bits per heavy atom. The van der Waals surface area contributed by atoms with E-state index < -0.39 is 70.0 Å². The number of pyridine rings is 1. The number of carbonyl (C=O) groups excluding carboxylic acids is 1. The van der Waals surface area contributed by atoms with E-state index in [1.54, 1.807) is 0 Å². The van der Waals surface area contributed by atoms with Gasteiger partial charge in [0.15, 0.2) is 5.82 Å². The molecule has 0 aliphatic carbocycles. The Morgan fingerprint density at radius 3 is 2.96 bits per heavy atom. The number of aryl methyl sites for hydroxylation is 1. The third kappa shape index (κ3) is 3.68. The van der Waals surface area contributed by atoms with Crippen molar-refractivity contribution in [2.45, 2.75) is 20.1 Å². The average Bonchev–Trinajstić information content (AvgIpc) is 3.17. The minimum absolute atomic E-state index is 0.00844. The number of rotatable bonds is 6. The predicted molar refractivity (Wildman–Crippen MR) is 98.3 cm³/mol. The van der Waals surface area contributed by atoms with Gasteiger partial charge in [0.1, 0.15) is 11.5 Å². The number of benzene rings is 1. The molecule has 0 unspecified atom stereocenters. The lowest BCUT2D eigenvalue weighted by Crippen LogP contribution is -2.18. The van der Waals surface area contributed by atoms with Crippen molar-refractivity contribution in [2.24, 2.45) is 0 Å². The molecule has 142 valence electrons. The van der Waals surface area contributed by atoms with Crippen LogP contribution in [0.4, 0.5) is 14.5 Å². The van der Waals surface area contributed by atoms with E-state index in [-0.39, 0.29) is 16.6 Å². The number of H-pyrrole nitrogens is 1. The molecule has 2 aromatic heterocycles. The fraction of sp³-hybridized carbons (Fsp3) is 0.222. The molecule has 9 heteroatoms. The van der Waals surface area contributed by atoms with Crippen molar-refractivity contribution in [3.63, 3.8) is 0 Å². The Morgan fingerprint density at radius 2 is 2.22 bits per heavy atom. The Bertz CT molecular complexity index is 1500. The summed E-state index contributed by atoms with van der Waals surface area (Å²) in [4.78, 5) is 19.5. The Balaban J connectivity index is 2.10. The number of carbonyl (C=O) groups is 1. The molecule has 27 heavy (non-hydrogen) atoms. The van der Waals surface area contributed by atoms with E-state index in [2.05, 4.69) is 9.97 Å². The molecule has 1 aromatic carbocycles. The van der Waals surface area contributed by atoms with Gasteiger partial charge < -0.3 is 4.98 Å². The highest BCUT2D eigenvalue weighted by Gasteiger charge is 2.25. The van der Waals surface area contributed by atoms with Gasteiger partial charge in [0.25, 0.3) is 0 Å². The smallest absolute Gasteiger partial charge is 0.232 e. The van der Waals surface area contributed by atoms with Gasteiger partial charge in [-0.15, -0.1) is 0 Å². The number of halogens is 2. The maximum atomic E-state index is 15.3. The summed E-state index contributed by atoms with van der Waals surface area (Å²) in [5, 5.41) is -0.106. The minimum atomic E-state index is -5.65. The van der Waals surface area contributed by atoms with Crippen molar-refractivity contribution in [1.82, 2.24) is 9.97 Å². The quantitative estimate of drug-likeness (QED) is 0.616. The van der Waals surface area contributed by atoms with Gasteiger partial charge in [0.05, 0.1) is 17.0 Å². The van der Waals surface area contributed by atoms with Crippen LogP contribution in [0.5, 0.6) is 0 Å². The van der Waals surface area contributed by atoms with Crippen LogP contribution in [0.15, 0.2) is 30.6 Å². The number of aromatic amines is 1. The zero-order chi connectivity index (χ0) is 28.4. The molecular formula is C18H17F2N3O3S. The van der Waals surface area contributed by atoms with Crippen LogP contribution >= 0.6 is 0 Å². The molecule has 3 aromatic rings. The molecule has 0 aliphatic rings. The third-order valence-corrected chi connectivity index (χ3v) is 4.38. The number of sulfonamides is 1. The van der Waals surface area contributed by atoms with E-state index in [4.69, 9.17) is 13.7 Å². The van der Waals surface area contributed by atoms with Crippen LogP contribution in [0, 0.1) is 18.5 Å². The summed E-state index contributed by atoms with van der Waals surface area (Å²) in [6.45, 7) is -6.36. The van der Waals surface area contributed by atoms with Gasteiger partial charge in [-0.3, -0.25) is 9.52 Å². The number of hydrogen-bond acceptors (Lipinski definition) is 4. The average molecular weight is 403 g/mol. The number of fused-ring (bicyclic) bond motifs is 1. The van der Waals surface area contributed by atoms with E-state index in [1.807, 2.05) is 0 Å². The van der Waals surface area contributed by atoms with E-state index >= 15 is 4.39 Å². The van der Waals surface area contributed by atoms with Crippen LogP contribution < -0.4 is 4.72 Å². The highest BCUT2D eigenvalue weighted by atomic mass is 32.2. The Hall–Kier alpha value is -2.81. The molecular weight excluding hydrogens is 376 g/mol. The highest BCUT2D eigenvalue weighted by Crippen LogP contribution is 2.27. The molecule has 2 N–H and O–H groups in total. The van der Waals surface area contributed by atoms with Crippen LogP contribution in [-0.2, 0) is 10.0 Å². The largest absolute Gasteiger partial charge is 0.345 e. The standard InChI is InChI=1S/C18H17F2N3O3S/c1-3-6-27(25,26)23-14-5-4-13(19)15(16(14)20)17(24)12-9-22-18-11(12)7-10(2)8-21-18/h4-5,7-9,23H,3,6H2,1-2H3,(H,21,22)/i1D3,2D3,3D2,6D2. The van der Waals surface area contributed by atoms with Crippen LogP contribution in [-0.4, -0.2) is 29.9 Å². The Kier molecular flexibility index (Phi) is 2.60. The first kappa shape index (κ1) is 9.93. The number of hydrogen-bond donors (Lipinski definition) is 2. The van der Waals surface area contributed by atoms with Gasteiger partial charge in [-0.25, -0.2) is 22.2 Å². The van der Waals surface area contributed by atoms with Crippen molar-refractivity contribution in [2.75, 3.05) is 10.4 Å². The van der Waals surface area contributed by atoms with Gasteiger partial charge in [-0.05, 0) is 37.0 Å². The van der Waals surface area contributed by atoms with Gasteiger partial charge in [-0.2, -0.15) is 0 Å². The van der Waals surface area contributed by atoms with Crippen LogP contribution in [0.3, 0.4) is 0 Å². The number of aromatic nitrogens is 2. The lowest BCUT2D eigenvalue weighted by atomic mass is 10.0. The summed E-state index contributed by atoms with van der Waals surface area (Å²) in [6.07, 6.45) is -1.94. The predicted octanol–water partition coefficient (Wildman–Crippen LogP) is 3.53. The van der Waals surface area contributed by atoms with Crippen LogP contribution in [0.2, 0.25) is 0 Å². The van der Waals surface area contributed by atoms with Crippen molar-refractivity contribution >= 4 is 32.5 Å². The first-order chi connectivity index (χ1) is 16.6. The SMILES string of the molecule is [2H]C([2H])([2H])c1cnc2[nH]cc(C(=O)c3c(F)ccc(NS(=O)(=O)C([2H])([2H])C([2H])([2H])C([2H])([2H])[2H])c3F)c2c1. The van der Waals surface area contributed by atoms with Crippen LogP contribution in [0.25, 0.3) is 11.0 Å². The van der Waals surface area contributed by atoms with E-state index in [0.717, 1.165) is 18.5 Å². The zero-order valence-electron chi connectivity index (χ0n) is 23.2. The molecule has 0 fully saturated rings. The maximum absolute atomic E-state index is 15.3. The van der Waals surface area contributed by atoms with Crippen molar-refractivity contribution in [1.29, 1.82) is 0 Å². The summed E-state index contributed by atoms with van der Waals surface area (Å²) >= 11 is 0. The van der Waals surface area contributed by atoms with Crippen molar-refractivity contribution < 1.29 is 35.7 Å². The fourth-order valence-electron chi connectivity index (χ4n) is 2.40. The van der Waals surface area contributed by atoms with Gasteiger partial charge in [0.2, 0.25) is 15.8 Å². The summed E-state index contributed by atoms with van der Waals surface area (Å²) < 4.78 is 130. The summed E-state index contributed by atoms with van der Waals surface area (Å²) in [7, 11) is -5.65. The van der Waals surface area contributed by atoms with Gasteiger partial charge in [0, 0.05) is 37.1 Å². The zero-order valence-corrected chi connectivity index (χ0v) is 14.0. The monoisotopic (exact) mass is 403 g/mol. The van der Waals surface area contributed by atoms with Gasteiger partial charge in [-0.1, -0.05) is 6.85 Å².